The van der Waals surface area contributed by atoms with Crippen LogP contribution in [0.5, 0.6) is 0 Å². The Morgan fingerprint density at radius 2 is 2.07 bits per heavy atom. The minimum atomic E-state index is 0.182. The summed E-state index contributed by atoms with van der Waals surface area (Å²) in [6, 6.07) is 0.688. The number of nitrogens with one attached hydrogen (secondary N) is 1. The maximum absolute atomic E-state index is 5.58. The first-order valence-electron chi connectivity index (χ1n) is 6.05. The highest BCUT2D eigenvalue weighted by atomic mass is 16.5. The Morgan fingerprint density at radius 1 is 1.36 bits per heavy atom. The summed E-state index contributed by atoms with van der Waals surface area (Å²) in [6.45, 7) is 5.55. The van der Waals surface area contributed by atoms with Gasteiger partial charge < -0.3 is 10.1 Å². The van der Waals surface area contributed by atoms with Crippen LogP contribution in [0.4, 0.5) is 0 Å². The fraction of sp³-hybridized carbons (Fsp3) is 1.00. The van der Waals surface area contributed by atoms with Crippen LogP contribution in [0, 0.1) is 0 Å². The molecule has 0 amide bonds. The standard InChI is InChI=1S/C12H25NO/c1-4-7-11(5-2)13-10-12(14-3)8-6-9-12/h11,13H,4-10H2,1-3H3. The minimum absolute atomic E-state index is 0.182. The van der Waals surface area contributed by atoms with E-state index in [0.29, 0.717) is 6.04 Å². The SMILES string of the molecule is CCCC(CC)NCC1(OC)CCC1. The molecule has 1 saturated carbocycles. The second-order valence-electron chi connectivity index (χ2n) is 4.52. The van der Waals surface area contributed by atoms with Crippen molar-refractivity contribution in [1.29, 1.82) is 0 Å². The van der Waals surface area contributed by atoms with Crippen LogP contribution < -0.4 is 5.32 Å². The van der Waals surface area contributed by atoms with Crippen LogP contribution >= 0.6 is 0 Å². The molecule has 0 bridgehead atoms. The zero-order valence-electron chi connectivity index (χ0n) is 9.94. The molecule has 2 heteroatoms. The van der Waals surface area contributed by atoms with Crippen LogP contribution in [-0.4, -0.2) is 25.3 Å². The third-order valence-corrected chi connectivity index (χ3v) is 3.54. The average molecular weight is 199 g/mol. The summed E-state index contributed by atoms with van der Waals surface area (Å²) in [7, 11) is 1.85. The lowest BCUT2D eigenvalue weighted by molar-refractivity contribution is -0.0710. The number of hydrogen-bond donors (Lipinski definition) is 1. The first-order chi connectivity index (χ1) is 6.76. The molecule has 2 nitrogen and oxygen atoms in total. The van der Waals surface area contributed by atoms with E-state index in [0.717, 1.165) is 6.54 Å². The van der Waals surface area contributed by atoms with Gasteiger partial charge in [-0.2, -0.15) is 0 Å². The molecule has 0 aromatic carbocycles. The highest BCUT2D eigenvalue weighted by Gasteiger charge is 2.36. The Labute approximate surface area is 88.4 Å². The van der Waals surface area contributed by atoms with E-state index in [1.165, 1.54) is 38.5 Å². The Hall–Kier alpha value is -0.0800. The lowest BCUT2D eigenvalue weighted by Crippen LogP contribution is -2.50. The van der Waals surface area contributed by atoms with E-state index in [1.54, 1.807) is 0 Å². The number of rotatable bonds is 7. The molecule has 1 rings (SSSR count). The van der Waals surface area contributed by atoms with Gasteiger partial charge in [0.2, 0.25) is 0 Å². The molecule has 1 N–H and O–H groups in total. The van der Waals surface area contributed by atoms with Gasteiger partial charge in [0.1, 0.15) is 0 Å². The van der Waals surface area contributed by atoms with Gasteiger partial charge in [-0.25, -0.2) is 0 Å². The molecule has 1 unspecified atom stereocenters. The van der Waals surface area contributed by atoms with Gasteiger partial charge in [-0.1, -0.05) is 20.3 Å². The monoisotopic (exact) mass is 199 g/mol. The van der Waals surface area contributed by atoms with Crippen molar-refractivity contribution in [2.45, 2.75) is 64.0 Å². The quantitative estimate of drug-likeness (QED) is 0.680. The minimum Gasteiger partial charge on any atom is -0.377 e. The summed E-state index contributed by atoms with van der Waals surface area (Å²) < 4.78 is 5.58. The molecule has 0 aromatic rings. The Balaban J connectivity index is 2.22. The van der Waals surface area contributed by atoms with Gasteiger partial charge in [-0.05, 0) is 32.1 Å². The van der Waals surface area contributed by atoms with Crippen molar-refractivity contribution in [3.8, 4) is 0 Å². The summed E-state index contributed by atoms with van der Waals surface area (Å²) in [5.74, 6) is 0. The molecule has 0 aromatic heterocycles. The van der Waals surface area contributed by atoms with Crippen molar-refractivity contribution < 1.29 is 4.74 Å². The second-order valence-corrected chi connectivity index (χ2v) is 4.52. The first kappa shape index (κ1) is 12.0. The van der Waals surface area contributed by atoms with Gasteiger partial charge in [-0.15, -0.1) is 0 Å². The van der Waals surface area contributed by atoms with Crippen LogP contribution in [0.2, 0.25) is 0 Å². The average Bonchev–Trinajstić information content (AvgIpc) is 2.15. The molecule has 84 valence electrons. The lowest BCUT2D eigenvalue weighted by atomic mass is 9.79. The molecule has 14 heavy (non-hydrogen) atoms. The molecule has 0 heterocycles. The van der Waals surface area contributed by atoms with Gasteiger partial charge in [-0.3, -0.25) is 0 Å². The van der Waals surface area contributed by atoms with Gasteiger partial charge in [0.25, 0.3) is 0 Å². The zero-order chi connectivity index (χ0) is 10.4. The smallest absolute Gasteiger partial charge is 0.0802 e. The van der Waals surface area contributed by atoms with Gasteiger partial charge in [0, 0.05) is 19.7 Å². The molecule has 0 radical (unpaired) electrons. The second kappa shape index (κ2) is 5.72. The Morgan fingerprint density at radius 3 is 2.43 bits per heavy atom. The summed E-state index contributed by atoms with van der Waals surface area (Å²) in [4.78, 5) is 0. The van der Waals surface area contributed by atoms with Gasteiger partial charge in [0.15, 0.2) is 0 Å². The maximum Gasteiger partial charge on any atom is 0.0802 e. The number of hydrogen-bond acceptors (Lipinski definition) is 2. The Kier molecular flexibility index (Phi) is 4.90. The number of methoxy groups -OCH3 is 1. The number of ether oxygens (including phenoxy) is 1. The zero-order valence-corrected chi connectivity index (χ0v) is 9.94. The Bertz CT molecular complexity index is 149. The van der Waals surface area contributed by atoms with E-state index in [2.05, 4.69) is 19.2 Å². The molecule has 1 fully saturated rings. The molecule has 1 aliphatic carbocycles. The summed E-state index contributed by atoms with van der Waals surface area (Å²) >= 11 is 0. The highest BCUT2D eigenvalue weighted by molar-refractivity contribution is 4.92. The van der Waals surface area contributed by atoms with Crippen LogP contribution in [0.3, 0.4) is 0 Å². The van der Waals surface area contributed by atoms with E-state index < -0.39 is 0 Å². The molecule has 1 aliphatic rings. The van der Waals surface area contributed by atoms with Crippen LogP contribution in [0.25, 0.3) is 0 Å². The van der Waals surface area contributed by atoms with Gasteiger partial charge >= 0.3 is 0 Å². The molecule has 0 spiro atoms. The van der Waals surface area contributed by atoms with Crippen molar-refractivity contribution >= 4 is 0 Å². The van der Waals surface area contributed by atoms with E-state index >= 15 is 0 Å². The molecular weight excluding hydrogens is 174 g/mol. The molecule has 0 saturated heterocycles. The third kappa shape index (κ3) is 2.96. The van der Waals surface area contributed by atoms with Crippen LogP contribution in [0.15, 0.2) is 0 Å². The van der Waals surface area contributed by atoms with Crippen molar-refractivity contribution in [3.05, 3.63) is 0 Å². The van der Waals surface area contributed by atoms with Crippen molar-refractivity contribution in [2.75, 3.05) is 13.7 Å². The molecule has 1 atom stereocenters. The van der Waals surface area contributed by atoms with E-state index in [-0.39, 0.29) is 5.60 Å². The predicted octanol–water partition coefficient (Wildman–Crippen LogP) is 2.72. The lowest BCUT2D eigenvalue weighted by Gasteiger charge is -2.41. The van der Waals surface area contributed by atoms with Crippen LogP contribution in [-0.2, 0) is 4.74 Å². The summed E-state index contributed by atoms with van der Waals surface area (Å²) in [5.41, 5.74) is 0.182. The maximum atomic E-state index is 5.58. The fourth-order valence-corrected chi connectivity index (χ4v) is 2.15. The van der Waals surface area contributed by atoms with E-state index in [4.69, 9.17) is 4.74 Å². The van der Waals surface area contributed by atoms with Crippen molar-refractivity contribution in [3.63, 3.8) is 0 Å². The van der Waals surface area contributed by atoms with Crippen molar-refractivity contribution in [2.24, 2.45) is 0 Å². The first-order valence-corrected chi connectivity index (χ1v) is 6.05. The summed E-state index contributed by atoms with van der Waals surface area (Å²) in [5, 5.41) is 3.64. The predicted molar refractivity (Wildman–Crippen MR) is 60.6 cm³/mol. The van der Waals surface area contributed by atoms with Gasteiger partial charge in [0.05, 0.1) is 5.60 Å². The van der Waals surface area contributed by atoms with E-state index in [1.807, 2.05) is 7.11 Å². The topological polar surface area (TPSA) is 21.3 Å². The third-order valence-electron chi connectivity index (χ3n) is 3.54. The summed E-state index contributed by atoms with van der Waals surface area (Å²) in [6.07, 6.45) is 7.59. The molecule has 0 aliphatic heterocycles. The fourth-order valence-electron chi connectivity index (χ4n) is 2.15. The van der Waals surface area contributed by atoms with Crippen molar-refractivity contribution in [1.82, 2.24) is 5.32 Å². The normalized spacial score (nSPS) is 21.6. The highest BCUT2D eigenvalue weighted by Crippen LogP contribution is 2.34. The largest absolute Gasteiger partial charge is 0.377 e. The van der Waals surface area contributed by atoms with E-state index in [9.17, 15) is 0 Å². The van der Waals surface area contributed by atoms with Crippen LogP contribution in [0.1, 0.15) is 52.4 Å². The molecular formula is C12H25NO.